The minimum absolute atomic E-state index is 0.0352. The van der Waals surface area contributed by atoms with Crippen molar-refractivity contribution in [1.82, 2.24) is 14.9 Å². The van der Waals surface area contributed by atoms with Crippen LogP contribution in [0.25, 0.3) is 22.0 Å². The average molecular weight is 361 g/mol. The summed E-state index contributed by atoms with van der Waals surface area (Å²) in [6.07, 6.45) is 2.95. The average Bonchev–Trinajstić information content (AvgIpc) is 3.26. The third-order valence-electron chi connectivity index (χ3n) is 4.97. The molecular formula is C22H23N3O2. The van der Waals surface area contributed by atoms with Crippen molar-refractivity contribution in [3.05, 3.63) is 65.7 Å². The number of carbonyl (C=O) groups is 1. The van der Waals surface area contributed by atoms with Crippen LogP contribution in [0.1, 0.15) is 30.8 Å². The summed E-state index contributed by atoms with van der Waals surface area (Å²) in [5.74, 6) is 0.837. The van der Waals surface area contributed by atoms with E-state index in [2.05, 4.69) is 40.8 Å². The lowest BCUT2D eigenvalue weighted by atomic mass is 10.1. The fraction of sp³-hybridized carbons (Fsp3) is 0.273. The highest BCUT2D eigenvalue weighted by molar-refractivity contribution is 5.88. The minimum Gasteiger partial charge on any atom is -0.464 e. The second-order valence-corrected chi connectivity index (χ2v) is 6.66. The highest BCUT2D eigenvalue weighted by Gasteiger charge is 2.13. The van der Waals surface area contributed by atoms with Crippen LogP contribution >= 0.6 is 0 Å². The third-order valence-corrected chi connectivity index (χ3v) is 4.97. The topological polar surface area (TPSA) is 60.1 Å². The summed E-state index contributed by atoms with van der Waals surface area (Å²) in [7, 11) is 0. The second kappa shape index (κ2) is 7.27. The van der Waals surface area contributed by atoms with Gasteiger partial charge in [-0.15, -0.1) is 0 Å². The van der Waals surface area contributed by atoms with E-state index in [-0.39, 0.29) is 5.91 Å². The smallest absolute Gasteiger partial charge is 0.224 e. The number of rotatable bonds is 6. The number of nitrogens with one attached hydrogen (secondary N) is 1. The molecule has 0 fully saturated rings. The van der Waals surface area contributed by atoms with Crippen molar-refractivity contribution in [2.75, 3.05) is 0 Å². The van der Waals surface area contributed by atoms with Crippen LogP contribution in [0, 0.1) is 0 Å². The fourth-order valence-electron chi connectivity index (χ4n) is 3.51. The number of para-hydroxylation sites is 2. The van der Waals surface area contributed by atoms with Crippen molar-refractivity contribution in [2.45, 2.75) is 39.8 Å². The highest BCUT2D eigenvalue weighted by atomic mass is 16.3. The quantitative estimate of drug-likeness (QED) is 0.559. The predicted molar refractivity (Wildman–Crippen MR) is 107 cm³/mol. The van der Waals surface area contributed by atoms with Gasteiger partial charge in [-0.05, 0) is 37.1 Å². The Kier molecular flexibility index (Phi) is 4.67. The summed E-state index contributed by atoms with van der Waals surface area (Å²) < 4.78 is 7.77. The van der Waals surface area contributed by atoms with Crippen LogP contribution in [0.4, 0.5) is 0 Å². The Morgan fingerprint density at radius 2 is 2.04 bits per heavy atom. The molecule has 0 radical (unpaired) electrons. The van der Waals surface area contributed by atoms with E-state index in [0.29, 0.717) is 13.0 Å². The summed E-state index contributed by atoms with van der Waals surface area (Å²) in [6, 6.07) is 14.2. The van der Waals surface area contributed by atoms with E-state index in [1.54, 1.807) is 6.26 Å². The van der Waals surface area contributed by atoms with Crippen molar-refractivity contribution in [1.29, 1.82) is 0 Å². The van der Waals surface area contributed by atoms with Gasteiger partial charge < -0.3 is 14.3 Å². The van der Waals surface area contributed by atoms with Crippen LogP contribution in [0.2, 0.25) is 0 Å². The lowest BCUT2D eigenvalue weighted by molar-refractivity contribution is -0.120. The fourth-order valence-corrected chi connectivity index (χ4v) is 3.51. The maximum Gasteiger partial charge on any atom is 0.224 e. The molecule has 0 saturated heterocycles. The van der Waals surface area contributed by atoms with E-state index in [1.165, 1.54) is 5.56 Å². The van der Waals surface area contributed by atoms with Gasteiger partial charge >= 0.3 is 0 Å². The molecule has 2 heterocycles. The molecule has 0 bridgehead atoms. The number of imidazole rings is 1. The first-order valence-electron chi connectivity index (χ1n) is 9.39. The second-order valence-electron chi connectivity index (χ2n) is 6.66. The number of hydrogen-bond donors (Lipinski definition) is 1. The largest absolute Gasteiger partial charge is 0.464 e. The van der Waals surface area contributed by atoms with Gasteiger partial charge in [-0.3, -0.25) is 4.79 Å². The summed E-state index contributed by atoms with van der Waals surface area (Å²) in [5, 5.41) is 4.00. The molecule has 0 spiro atoms. The van der Waals surface area contributed by atoms with Gasteiger partial charge in [0.15, 0.2) is 0 Å². The summed E-state index contributed by atoms with van der Waals surface area (Å²) >= 11 is 0. The Morgan fingerprint density at radius 3 is 2.85 bits per heavy atom. The highest BCUT2D eigenvalue weighted by Crippen LogP contribution is 2.23. The Labute approximate surface area is 158 Å². The number of aromatic nitrogens is 2. The van der Waals surface area contributed by atoms with Gasteiger partial charge in [0.25, 0.3) is 0 Å². The van der Waals surface area contributed by atoms with E-state index in [0.717, 1.165) is 46.4 Å². The zero-order chi connectivity index (χ0) is 18.8. The molecule has 2 aromatic heterocycles. The predicted octanol–water partition coefficient (Wildman–Crippen LogP) is 4.22. The summed E-state index contributed by atoms with van der Waals surface area (Å²) in [4.78, 5) is 17.1. The van der Waals surface area contributed by atoms with E-state index in [9.17, 15) is 4.79 Å². The number of benzene rings is 2. The molecule has 138 valence electrons. The van der Waals surface area contributed by atoms with Crippen LogP contribution in [0.5, 0.6) is 0 Å². The van der Waals surface area contributed by atoms with Crippen molar-refractivity contribution >= 4 is 27.9 Å². The molecule has 0 aliphatic carbocycles. The molecule has 1 N–H and O–H groups in total. The van der Waals surface area contributed by atoms with Crippen LogP contribution < -0.4 is 5.32 Å². The molecule has 2 aromatic carbocycles. The van der Waals surface area contributed by atoms with Gasteiger partial charge in [-0.1, -0.05) is 31.2 Å². The normalized spacial score (nSPS) is 11.3. The molecule has 0 unspecified atom stereocenters. The first kappa shape index (κ1) is 17.3. The molecule has 4 aromatic rings. The monoisotopic (exact) mass is 361 g/mol. The maximum atomic E-state index is 12.5. The molecule has 27 heavy (non-hydrogen) atoms. The molecule has 0 aliphatic rings. The number of carbonyl (C=O) groups excluding carboxylic acids is 1. The van der Waals surface area contributed by atoms with Gasteiger partial charge in [0.1, 0.15) is 11.4 Å². The van der Waals surface area contributed by atoms with Crippen molar-refractivity contribution in [3.63, 3.8) is 0 Å². The molecule has 0 saturated carbocycles. The Morgan fingerprint density at radius 1 is 1.19 bits per heavy atom. The number of nitrogens with zero attached hydrogens (tertiary/aromatic N) is 2. The first-order valence-corrected chi connectivity index (χ1v) is 9.39. The lowest BCUT2D eigenvalue weighted by Crippen LogP contribution is -2.26. The number of furan rings is 1. The number of fused-ring (bicyclic) bond motifs is 2. The zero-order valence-corrected chi connectivity index (χ0v) is 15.7. The Bertz CT molecular complexity index is 1110. The van der Waals surface area contributed by atoms with Crippen LogP contribution in [0.3, 0.4) is 0 Å². The van der Waals surface area contributed by atoms with E-state index in [4.69, 9.17) is 4.42 Å². The van der Waals surface area contributed by atoms with Crippen molar-refractivity contribution in [3.8, 4) is 0 Å². The molecule has 0 aliphatic heterocycles. The lowest BCUT2D eigenvalue weighted by Gasteiger charge is -2.07. The van der Waals surface area contributed by atoms with Gasteiger partial charge in [0.2, 0.25) is 5.91 Å². The molecular weight excluding hydrogens is 338 g/mol. The van der Waals surface area contributed by atoms with Gasteiger partial charge in [0.05, 0.1) is 30.3 Å². The number of amides is 1. The van der Waals surface area contributed by atoms with Crippen molar-refractivity contribution in [2.24, 2.45) is 0 Å². The Balaban J connectivity index is 1.47. The maximum absolute atomic E-state index is 12.5. The van der Waals surface area contributed by atoms with Gasteiger partial charge in [0, 0.05) is 17.5 Å². The number of aryl methyl sites for hydroxylation is 2. The van der Waals surface area contributed by atoms with Crippen molar-refractivity contribution < 1.29 is 9.21 Å². The first-order chi connectivity index (χ1) is 13.2. The van der Waals surface area contributed by atoms with Gasteiger partial charge in [-0.25, -0.2) is 4.98 Å². The van der Waals surface area contributed by atoms with Crippen LogP contribution in [-0.4, -0.2) is 15.5 Å². The summed E-state index contributed by atoms with van der Waals surface area (Å²) in [5.41, 5.74) is 5.03. The standard InChI is InChI=1S/C22H23N3O2/c1-3-15-9-10-17-16(14-27-20(17)11-15)12-22(26)23-13-21-24-18-7-5-6-8-19(18)25(21)4-2/h5-11,14H,3-4,12-13H2,1-2H3,(H,23,26). The van der Waals surface area contributed by atoms with E-state index >= 15 is 0 Å². The SMILES string of the molecule is CCc1ccc2c(CC(=O)NCc3nc4ccccc4n3CC)coc2c1. The Hall–Kier alpha value is -3.08. The summed E-state index contributed by atoms with van der Waals surface area (Å²) in [6.45, 7) is 5.43. The van der Waals surface area contributed by atoms with E-state index < -0.39 is 0 Å². The molecule has 4 rings (SSSR count). The molecule has 5 nitrogen and oxygen atoms in total. The van der Waals surface area contributed by atoms with E-state index in [1.807, 2.05) is 30.3 Å². The molecule has 5 heteroatoms. The number of hydrogen-bond acceptors (Lipinski definition) is 3. The van der Waals surface area contributed by atoms with Gasteiger partial charge in [-0.2, -0.15) is 0 Å². The molecule has 0 atom stereocenters. The molecule has 1 amide bonds. The minimum atomic E-state index is -0.0352. The van der Waals surface area contributed by atoms with Crippen LogP contribution in [-0.2, 0) is 30.7 Å². The zero-order valence-electron chi connectivity index (χ0n) is 15.7. The third kappa shape index (κ3) is 3.33. The van der Waals surface area contributed by atoms with Crippen LogP contribution in [0.15, 0.2) is 53.1 Å².